The Morgan fingerprint density at radius 1 is 1.14 bits per heavy atom. The fourth-order valence-electron chi connectivity index (χ4n) is 2.66. The van der Waals surface area contributed by atoms with Crippen LogP contribution in [0, 0.1) is 6.92 Å². The molecule has 22 heavy (non-hydrogen) atoms. The predicted octanol–water partition coefficient (Wildman–Crippen LogP) is 3.07. The highest BCUT2D eigenvalue weighted by atomic mass is 16.5. The van der Waals surface area contributed by atoms with E-state index in [0.29, 0.717) is 0 Å². The molecular weight excluding hydrogens is 276 g/mol. The fourth-order valence-corrected chi connectivity index (χ4v) is 2.66. The third-order valence-electron chi connectivity index (χ3n) is 3.94. The van der Waals surface area contributed by atoms with Crippen LogP contribution in [0.2, 0.25) is 0 Å². The van der Waals surface area contributed by atoms with Gasteiger partial charge >= 0.3 is 0 Å². The molecule has 1 amide bonds. The van der Waals surface area contributed by atoms with Crippen molar-refractivity contribution in [3.63, 3.8) is 0 Å². The monoisotopic (exact) mass is 296 g/mol. The minimum atomic E-state index is 0.107. The number of hydrogen-bond acceptors (Lipinski definition) is 3. The number of nitrogens with zero attached hydrogens (tertiary/aromatic N) is 2. The average molecular weight is 296 g/mol. The van der Waals surface area contributed by atoms with Crippen molar-refractivity contribution in [2.45, 2.75) is 25.9 Å². The van der Waals surface area contributed by atoms with Gasteiger partial charge in [0.15, 0.2) is 0 Å². The van der Waals surface area contributed by atoms with Crippen molar-refractivity contribution in [2.75, 3.05) is 13.1 Å². The Labute approximate surface area is 130 Å². The maximum atomic E-state index is 12.4. The Morgan fingerprint density at radius 2 is 1.86 bits per heavy atom. The van der Waals surface area contributed by atoms with Crippen LogP contribution in [-0.4, -0.2) is 35.0 Å². The lowest BCUT2D eigenvalue weighted by atomic mass is 10.1. The predicted molar refractivity (Wildman–Crippen MR) is 85.0 cm³/mol. The van der Waals surface area contributed by atoms with E-state index in [2.05, 4.69) is 4.98 Å². The van der Waals surface area contributed by atoms with E-state index < -0.39 is 0 Å². The molecule has 0 radical (unpaired) electrons. The third-order valence-corrected chi connectivity index (χ3v) is 3.94. The second-order valence-corrected chi connectivity index (χ2v) is 5.61. The number of likely N-dealkylation sites (tertiary alicyclic amines) is 1. The van der Waals surface area contributed by atoms with Gasteiger partial charge in [0, 0.05) is 37.2 Å². The molecule has 0 spiro atoms. The van der Waals surface area contributed by atoms with Crippen molar-refractivity contribution in [2.24, 2.45) is 0 Å². The Morgan fingerprint density at radius 3 is 2.50 bits per heavy atom. The molecule has 3 rings (SSSR count). The molecule has 4 heteroatoms. The number of rotatable bonds is 3. The SMILES string of the molecule is Cc1ccc(OC2CCN(C(=O)c3ccccc3)CC2)cn1. The summed E-state index contributed by atoms with van der Waals surface area (Å²) in [6.07, 6.45) is 3.62. The molecule has 2 aromatic rings. The lowest BCUT2D eigenvalue weighted by Crippen LogP contribution is -2.41. The number of carbonyl (C=O) groups is 1. The third kappa shape index (κ3) is 3.45. The van der Waals surface area contributed by atoms with E-state index >= 15 is 0 Å². The number of aromatic nitrogens is 1. The number of aryl methyl sites for hydroxylation is 1. The Hall–Kier alpha value is -2.36. The van der Waals surface area contributed by atoms with E-state index in [9.17, 15) is 4.79 Å². The number of carbonyl (C=O) groups excluding carboxylic acids is 1. The maximum Gasteiger partial charge on any atom is 0.253 e. The first kappa shape index (κ1) is 14.6. The van der Waals surface area contributed by atoms with Gasteiger partial charge in [-0.15, -0.1) is 0 Å². The standard InChI is InChI=1S/C18H20N2O2/c1-14-7-8-17(13-19-14)22-16-9-11-20(12-10-16)18(21)15-5-3-2-4-6-15/h2-8,13,16H,9-12H2,1H3. The second-order valence-electron chi connectivity index (χ2n) is 5.61. The normalized spacial score (nSPS) is 15.6. The van der Waals surface area contributed by atoms with E-state index in [1.54, 1.807) is 6.20 Å². The summed E-state index contributed by atoms with van der Waals surface area (Å²) in [4.78, 5) is 18.5. The summed E-state index contributed by atoms with van der Waals surface area (Å²) in [7, 11) is 0. The molecule has 0 aliphatic carbocycles. The molecule has 1 fully saturated rings. The van der Waals surface area contributed by atoms with Crippen molar-refractivity contribution in [3.05, 3.63) is 59.9 Å². The van der Waals surface area contributed by atoms with Crippen LogP contribution in [-0.2, 0) is 0 Å². The summed E-state index contributed by atoms with van der Waals surface area (Å²) >= 11 is 0. The molecule has 1 aliphatic heterocycles. The number of ether oxygens (including phenoxy) is 1. The first-order valence-corrected chi connectivity index (χ1v) is 7.66. The van der Waals surface area contributed by atoms with Crippen molar-refractivity contribution < 1.29 is 9.53 Å². The lowest BCUT2D eigenvalue weighted by molar-refractivity contribution is 0.0595. The summed E-state index contributed by atoms with van der Waals surface area (Å²) in [5.41, 5.74) is 1.74. The first-order chi connectivity index (χ1) is 10.7. The van der Waals surface area contributed by atoms with E-state index in [1.165, 1.54) is 0 Å². The first-order valence-electron chi connectivity index (χ1n) is 7.66. The van der Waals surface area contributed by atoms with Crippen LogP contribution in [0.1, 0.15) is 28.9 Å². The number of benzene rings is 1. The van der Waals surface area contributed by atoms with Crippen molar-refractivity contribution in [1.29, 1.82) is 0 Å². The van der Waals surface area contributed by atoms with Crippen LogP contribution in [0.3, 0.4) is 0 Å². The zero-order valence-electron chi connectivity index (χ0n) is 12.7. The highest BCUT2D eigenvalue weighted by molar-refractivity contribution is 5.94. The van der Waals surface area contributed by atoms with Crippen LogP contribution < -0.4 is 4.74 Å². The summed E-state index contributed by atoms with van der Waals surface area (Å²) in [6.45, 7) is 3.42. The van der Waals surface area contributed by atoms with Gasteiger partial charge in [0.2, 0.25) is 0 Å². The fraction of sp³-hybridized carbons (Fsp3) is 0.333. The van der Waals surface area contributed by atoms with Crippen molar-refractivity contribution in [1.82, 2.24) is 9.88 Å². The van der Waals surface area contributed by atoms with E-state index in [1.807, 2.05) is 54.3 Å². The zero-order chi connectivity index (χ0) is 15.4. The summed E-state index contributed by atoms with van der Waals surface area (Å²) in [5.74, 6) is 0.912. The van der Waals surface area contributed by atoms with Gasteiger partial charge in [-0.25, -0.2) is 0 Å². The molecule has 2 heterocycles. The molecule has 0 N–H and O–H groups in total. The van der Waals surface area contributed by atoms with Crippen LogP contribution in [0.5, 0.6) is 5.75 Å². The Kier molecular flexibility index (Phi) is 4.37. The highest BCUT2D eigenvalue weighted by Gasteiger charge is 2.24. The summed E-state index contributed by atoms with van der Waals surface area (Å²) < 4.78 is 5.94. The topological polar surface area (TPSA) is 42.4 Å². The molecule has 4 nitrogen and oxygen atoms in total. The summed E-state index contributed by atoms with van der Waals surface area (Å²) in [6, 6.07) is 13.3. The van der Waals surface area contributed by atoms with Crippen molar-refractivity contribution >= 4 is 5.91 Å². The molecule has 1 aromatic heterocycles. The van der Waals surface area contributed by atoms with Gasteiger partial charge in [0.25, 0.3) is 5.91 Å². The minimum Gasteiger partial charge on any atom is -0.489 e. The number of amides is 1. The molecular formula is C18H20N2O2. The number of hydrogen-bond donors (Lipinski definition) is 0. The lowest BCUT2D eigenvalue weighted by Gasteiger charge is -2.32. The molecule has 1 aliphatic rings. The number of piperidine rings is 1. The van der Waals surface area contributed by atoms with Gasteiger partial charge in [0.05, 0.1) is 6.20 Å². The zero-order valence-corrected chi connectivity index (χ0v) is 12.7. The van der Waals surface area contributed by atoms with Crippen LogP contribution in [0.15, 0.2) is 48.7 Å². The van der Waals surface area contributed by atoms with E-state index in [0.717, 1.165) is 42.9 Å². The van der Waals surface area contributed by atoms with Gasteiger partial charge in [0.1, 0.15) is 11.9 Å². The second kappa shape index (κ2) is 6.60. The number of pyridine rings is 1. The van der Waals surface area contributed by atoms with Gasteiger partial charge < -0.3 is 9.64 Å². The Bertz CT molecular complexity index is 617. The highest BCUT2D eigenvalue weighted by Crippen LogP contribution is 2.19. The van der Waals surface area contributed by atoms with Gasteiger partial charge in [-0.05, 0) is 31.2 Å². The smallest absolute Gasteiger partial charge is 0.253 e. The van der Waals surface area contributed by atoms with Gasteiger partial charge in [-0.3, -0.25) is 9.78 Å². The van der Waals surface area contributed by atoms with E-state index in [4.69, 9.17) is 4.74 Å². The largest absolute Gasteiger partial charge is 0.489 e. The summed E-state index contributed by atoms with van der Waals surface area (Å²) in [5, 5.41) is 0. The molecule has 0 unspecified atom stereocenters. The molecule has 0 atom stereocenters. The molecule has 1 saturated heterocycles. The Balaban J connectivity index is 1.54. The van der Waals surface area contributed by atoms with Gasteiger partial charge in [-0.1, -0.05) is 18.2 Å². The van der Waals surface area contributed by atoms with Crippen molar-refractivity contribution in [3.8, 4) is 5.75 Å². The van der Waals surface area contributed by atoms with Gasteiger partial charge in [-0.2, -0.15) is 0 Å². The average Bonchev–Trinajstić information content (AvgIpc) is 2.58. The molecule has 1 aromatic carbocycles. The maximum absolute atomic E-state index is 12.4. The quantitative estimate of drug-likeness (QED) is 0.874. The van der Waals surface area contributed by atoms with Crippen LogP contribution in [0.25, 0.3) is 0 Å². The minimum absolute atomic E-state index is 0.107. The molecule has 0 saturated carbocycles. The molecule has 0 bridgehead atoms. The van der Waals surface area contributed by atoms with Crippen LogP contribution >= 0.6 is 0 Å². The van der Waals surface area contributed by atoms with Crippen LogP contribution in [0.4, 0.5) is 0 Å². The van der Waals surface area contributed by atoms with E-state index in [-0.39, 0.29) is 12.0 Å². The molecule has 114 valence electrons.